The van der Waals surface area contributed by atoms with Gasteiger partial charge in [0.1, 0.15) is 40.9 Å². The number of aromatic nitrogens is 3. The maximum Gasteiger partial charge on any atom is 0.148 e. The van der Waals surface area contributed by atoms with Gasteiger partial charge in [0, 0.05) is 57.0 Å². The van der Waals surface area contributed by atoms with Gasteiger partial charge in [-0.1, -0.05) is 6.07 Å². The molecule has 10 heteroatoms. The minimum atomic E-state index is 0.342. The number of nitriles is 2. The summed E-state index contributed by atoms with van der Waals surface area (Å²) in [5, 5.41) is 24.2. The van der Waals surface area contributed by atoms with E-state index in [2.05, 4.69) is 32.3 Å². The average Bonchev–Trinajstić information content (AvgIpc) is 2.92. The van der Waals surface area contributed by atoms with E-state index in [-0.39, 0.29) is 0 Å². The number of rotatable bonds is 9. The van der Waals surface area contributed by atoms with Gasteiger partial charge in [-0.3, -0.25) is 9.97 Å². The van der Waals surface area contributed by atoms with Crippen LogP contribution in [-0.2, 0) is 10.5 Å². The van der Waals surface area contributed by atoms with Crippen LogP contribution < -0.4 is 15.0 Å². The molecule has 1 fully saturated rings. The first-order valence-corrected chi connectivity index (χ1v) is 12.2. The van der Waals surface area contributed by atoms with E-state index in [1.54, 1.807) is 37.8 Å². The van der Waals surface area contributed by atoms with Crippen molar-refractivity contribution in [3.8, 4) is 29.1 Å². The second kappa shape index (κ2) is 12.1. The number of piperazine rings is 1. The molecule has 35 heavy (non-hydrogen) atoms. The third-order valence-corrected chi connectivity index (χ3v) is 6.48. The highest BCUT2D eigenvalue weighted by Gasteiger charge is 2.26. The smallest absolute Gasteiger partial charge is 0.148 e. The predicted molar refractivity (Wildman–Crippen MR) is 133 cm³/mol. The van der Waals surface area contributed by atoms with Gasteiger partial charge >= 0.3 is 0 Å². The molecule has 1 saturated heterocycles. The lowest BCUT2D eigenvalue weighted by molar-refractivity contribution is 0.146. The maximum absolute atomic E-state index is 10.2. The zero-order valence-electron chi connectivity index (χ0n) is 19.4. The molecular weight excluding hydrogens is 462 g/mol. The van der Waals surface area contributed by atoms with Crippen molar-refractivity contribution in [3.63, 3.8) is 0 Å². The zero-order valence-corrected chi connectivity index (χ0v) is 20.2. The highest BCUT2D eigenvalue weighted by atomic mass is 32.2. The Kier molecular flexibility index (Phi) is 8.47. The summed E-state index contributed by atoms with van der Waals surface area (Å²) in [5.74, 6) is 1.77. The van der Waals surface area contributed by atoms with Crippen LogP contribution in [0.25, 0.3) is 11.3 Å². The van der Waals surface area contributed by atoms with Crippen LogP contribution in [0, 0.1) is 22.7 Å². The van der Waals surface area contributed by atoms with Gasteiger partial charge in [0.15, 0.2) is 0 Å². The number of methoxy groups -OCH3 is 1. The van der Waals surface area contributed by atoms with Crippen LogP contribution in [0.5, 0.6) is 5.75 Å². The van der Waals surface area contributed by atoms with Crippen molar-refractivity contribution in [1.82, 2.24) is 20.3 Å². The monoisotopic (exact) mass is 487 g/mol. The molecule has 0 radical (unpaired) electrons. The van der Waals surface area contributed by atoms with Gasteiger partial charge in [-0.15, -0.1) is 11.8 Å². The first-order chi connectivity index (χ1) is 17.2. The summed E-state index contributed by atoms with van der Waals surface area (Å²) < 4.78 is 10.6. The topological polar surface area (TPSA) is 120 Å². The third kappa shape index (κ3) is 5.87. The van der Waals surface area contributed by atoms with Crippen LogP contribution in [0.3, 0.4) is 0 Å². The Balaban J connectivity index is 1.78. The van der Waals surface area contributed by atoms with E-state index >= 15 is 0 Å². The number of thioether (sulfide) groups is 1. The van der Waals surface area contributed by atoms with Crippen molar-refractivity contribution in [2.45, 2.75) is 10.8 Å². The summed E-state index contributed by atoms with van der Waals surface area (Å²) in [7, 11) is 1.61. The van der Waals surface area contributed by atoms with E-state index in [9.17, 15) is 10.5 Å². The molecule has 3 aromatic rings. The van der Waals surface area contributed by atoms with Gasteiger partial charge in [-0.05, 0) is 23.8 Å². The van der Waals surface area contributed by atoms with E-state index < -0.39 is 0 Å². The molecule has 4 rings (SSSR count). The van der Waals surface area contributed by atoms with Crippen LogP contribution in [0.1, 0.15) is 16.7 Å². The molecule has 4 heterocycles. The largest absolute Gasteiger partial charge is 0.490 e. The molecule has 0 unspecified atom stereocenters. The number of nitrogens with one attached hydrogen (secondary N) is 1. The number of ether oxygens (including phenoxy) is 2. The summed E-state index contributed by atoms with van der Waals surface area (Å²) in [5.41, 5.74) is 2.74. The van der Waals surface area contributed by atoms with Crippen molar-refractivity contribution >= 4 is 17.6 Å². The van der Waals surface area contributed by atoms with E-state index in [1.165, 1.54) is 11.8 Å². The van der Waals surface area contributed by atoms with E-state index in [4.69, 9.17) is 14.5 Å². The first-order valence-electron chi connectivity index (χ1n) is 11.2. The highest BCUT2D eigenvalue weighted by molar-refractivity contribution is 7.98. The van der Waals surface area contributed by atoms with E-state index in [0.29, 0.717) is 57.9 Å². The van der Waals surface area contributed by atoms with Crippen LogP contribution >= 0.6 is 11.8 Å². The maximum atomic E-state index is 10.2. The fourth-order valence-corrected chi connectivity index (χ4v) is 4.64. The van der Waals surface area contributed by atoms with Gasteiger partial charge < -0.3 is 19.7 Å². The van der Waals surface area contributed by atoms with Crippen LogP contribution in [0.2, 0.25) is 0 Å². The standard InChI is InChI=1S/C25H25N7O2S/c1-33-11-12-34-19-4-5-22(30-16-19)23-20(13-26)24(32-9-7-28-8-10-32)31-25(21(23)14-27)35-17-18-3-2-6-29-15-18/h2-6,15-16,28H,7-12,17H2,1H3. The first kappa shape index (κ1) is 24.4. The lowest BCUT2D eigenvalue weighted by Gasteiger charge is -2.30. The lowest BCUT2D eigenvalue weighted by atomic mass is 10.00. The molecule has 0 saturated carbocycles. The molecule has 0 aliphatic carbocycles. The Labute approximate surface area is 208 Å². The third-order valence-electron chi connectivity index (χ3n) is 5.43. The molecule has 178 valence electrons. The Bertz CT molecular complexity index is 1220. The fraction of sp³-hybridized carbons (Fsp3) is 0.320. The van der Waals surface area contributed by atoms with Crippen LogP contribution in [0.15, 0.2) is 47.9 Å². The quantitative estimate of drug-likeness (QED) is 0.356. The molecule has 1 aliphatic heterocycles. The van der Waals surface area contributed by atoms with Crippen LogP contribution in [-0.4, -0.2) is 61.5 Å². The Morgan fingerprint density at radius 2 is 1.91 bits per heavy atom. The molecule has 9 nitrogen and oxygen atoms in total. The molecule has 3 aromatic heterocycles. The van der Waals surface area contributed by atoms with Gasteiger partial charge in [-0.2, -0.15) is 10.5 Å². The van der Waals surface area contributed by atoms with Gasteiger partial charge in [0.25, 0.3) is 0 Å². The summed E-state index contributed by atoms with van der Waals surface area (Å²) in [6.07, 6.45) is 5.12. The Morgan fingerprint density at radius 1 is 1.09 bits per heavy atom. The van der Waals surface area contributed by atoms with Crippen molar-refractivity contribution < 1.29 is 9.47 Å². The average molecular weight is 488 g/mol. The van der Waals surface area contributed by atoms with E-state index in [0.717, 1.165) is 31.7 Å². The van der Waals surface area contributed by atoms with Crippen molar-refractivity contribution in [1.29, 1.82) is 10.5 Å². The SMILES string of the molecule is COCCOc1ccc(-c2c(C#N)c(SCc3cccnc3)nc(N3CCNCC3)c2C#N)nc1. The molecule has 0 aromatic carbocycles. The minimum absolute atomic E-state index is 0.342. The molecule has 0 spiro atoms. The molecule has 0 amide bonds. The second-order valence-corrected chi connectivity index (χ2v) is 8.66. The van der Waals surface area contributed by atoms with Gasteiger partial charge in [-0.25, -0.2) is 4.98 Å². The number of hydrogen-bond donors (Lipinski definition) is 1. The lowest BCUT2D eigenvalue weighted by Crippen LogP contribution is -2.44. The number of anilines is 1. The summed E-state index contributed by atoms with van der Waals surface area (Å²) in [4.78, 5) is 15.6. The van der Waals surface area contributed by atoms with Gasteiger partial charge in [0.05, 0.1) is 24.1 Å². The van der Waals surface area contributed by atoms with Crippen molar-refractivity contribution in [2.75, 3.05) is 51.4 Å². The molecule has 0 bridgehead atoms. The minimum Gasteiger partial charge on any atom is -0.490 e. The summed E-state index contributed by atoms with van der Waals surface area (Å²) >= 11 is 1.46. The predicted octanol–water partition coefficient (Wildman–Crippen LogP) is 3.01. The number of hydrogen-bond acceptors (Lipinski definition) is 10. The zero-order chi connectivity index (χ0) is 24.5. The van der Waals surface area contributed by atoms with Crippen LogP contribution in [0.4, 0.5) is 5.82 Å². The normalized spacial score (nSPS) is 13.2. The van der Waals surface area contributed by atoms with Crippen molar-refractivity contribution in [3.05, 3.63) is 59.5 Å². The second-order valence-electron chi connectivity index (χ2n) is 7.70. The highest BCUT2D eigenvalue weighted by Crippen LogP contribution is 2.38. The Hall–Kier alpha value is -3.70. The van der Waals surface area contributed by atoms with E-state index in [1.807, 2.05) is 12.1 Å². The molecule has 1 aliphatic rings. The Morgan fingerprint density at radius 3 is 2.57 bits per heavy atom. The summed E-state index contributed by atoms with van der Waals surface area (Å²) in [6, 6.07) is 12.0. The molecular formula is C25H25N7O2S. The molecule has 0 atom stereocenters. The fourth-order valence-electron chi connectivity index (χ4n) is 3.72. The van der Waals surface area contributed by atoms with Crippen molar-refractivity contribution in [2.24, 2.45) is 0 Å². The molecule has 1 N–H and O–H groups in total. The summed E-state index contributed by atoms with van der Waals surface area (Å²) in [6.45, 7) is 3.91. The van der Waals surface area contributed by atoms with Gasteiger partial charge in [0.2, 0.25) is 0 Å². The number of nitrogens with zero attached hydrogens (tertiary/aromatic N) is 6. The number of pyridine rings is 3.